The van der Waals surface area contributed by atoms with Gasteiger partial charge < -0.3 is 0 Å². The first-order valence-corrected chi connectivity index (χ1v) is 8.05. The second-order valence-corrected chi connectivity index (χ2v) is 6.57. The van der Waals surface area contributed by atoms with Crippen LogP contribution < -0.4 is 10.6 Å². The Bertz CT molecular complexity index is 432. The summed E-state index contributed by atoms with van der Waals surface area (Å²) in [6.07, 6.45) is 3.14. The predicted octanol–water partition coefficient (Wildman–Crippen LogP) is -0.543. The van der Waals surface area contributed by atoms with Gasteiger partial charge in [-0.25, -0.2) is 0 Å². The van der Waals surface area contributed by atoms with Gasteiger partial charge in [-0.05, 0) is 0 Å². The van der Waals surface area contributed by atoms with Crippen LogP contribution in [0.1, 0.15) is 32.6 Å². The molecule has 1 saturated heterocycles. The molecule has 0 aromatic heterocycles. The predicted molar refractivity (Wildman–Crippen MR) is 66.8 cm³/mol. The van der Waals surface area contributed by atoms with Crippen LogP contribution in [0.25, 0.3) is 0 Å². The summed E-state index contributed by atoms with van der Waals surface area (Å²) in [4.78, 5) is 48.6. The molecule has 0 spiro atoms. The van der Waals surface area contributed by atoms with E-state index in [0.29, 0.717) is 12.8 Å². The maximum atomic E-state index is 11.4. The standard InChI is InChI=1S/C10H17N2O7P/c1-6(13)18-20(16)12-8-5-3-2-4-7(8)11-17-9(14)10(15)19-20/h7-8,11-12,16,20H,2-5H2,1H3/t7?,8-/m0/s1. The summed E-state index contributed by atoms with van der Waals surface area (Å²) in [7, 11) is -4.32. The van der Waals surface area contributed by atoms with Crippen molar-refractivity contribution in [2.45, 2.75) is 44.7 Å². The quantitative estimate of drug-likeness (QED) is 0.432. The Balaban J connectivity index is 2.22. The SMILES string of the molecule is CC(=O)O[PH]1(O)N[C@H]2CCCCC2NOC(=O)C(=O)O1. The van der Waals surface area contributed by atoms with Gasteiger partial charge in [0.05, 0.1) is 0 Å². The Hall–Kier alpha value is -1.28. The van der Waals surface area contributed by atoms with E-state index in [4.69, 9.17) is 4.52 Å². The van der Waals surface area contributed by atoms with Crippen LogP contribution in [0.4, 0.5) is 0 Å². The van der Waals surface area contributed by atoms with E-state index in [1.807, 2.05) is 0 Å². The number of rotatable bonds is 1. The van der Waals surface area contributed by atoms with Crippen LogP contribution in [-0.2, 0) is 28.3 Å². The molecule has 9 nitrogen and oxygen atoms in total. The van der Waals surface area contributed by atoms with Gasteiger partial charge in [0.1, 0.15) is 0 Å². The van der Waals surface area contributed by atoms with Crippen molar-refractivity contribution in [3.63, 3.8) is 0 Å². The molecule has 10 heteroatoms. The van der Waals surface area contributed by atoms with Crippen LogP contribution in [0.2, 0.25) is 0 Å². The molecule has 1 saturated carbocycles. The number of hydrogen-bond acceptors (Lipinski definition) is 9. The van der Waals surface area contributed by atoms with Gasteiger partial charge in [-0.3, -0.25) is 0 Å². The first kappa shape index (κ1) is 15.1. The zero-order chi connectivity index (χ0) is 14.8. The summed E-state index contributed by atoms with van der Waals surface area (Å²) >= 11 is 0. The van der Waals surface area contributed by atoms with Gasteiger partial charge in [0, 0.05) is 0 Å². The molecule has 0 amide bonds. The van der Waals surface area contributed by atoms with Crippen molar-refractivity contribution in [2.24, 2.45) is 0 Å². The van der Waals surface area contributed by atoms with Gasteiger partial charge in [-0.15, -0.1) is 0 Å². The molecule has 1 aliphatic heterocycles. The van der Waals surface area contributed by atoms with Crippen LogP contribution in [0.5, 0.6) is 0 Å². The van der Waals surface area contributed by atoms with E-state index in [-0.39, 0.29) is 12.1 Å². The molecule has 1 unspecified atom stereocenters. The van der Waals surface area contributed by atoms with Crippen LogP contribution in [0.3, 0.4) is 0 Å². The topological polar surface area (TPSA) is 123 Å². The van der Waals surface area contributed by atoms with E-state index >= 15 is 0 Å². The van der Waals surface area contributed by atoms with Crippen molar-refractivity contribution in [1.29, 1.82) is 0 Å². The molecule has 114 valence electrons. The van der Waals surface area contributed by atoms with Gasteiger partial charge in [0.15, 0.2) is 0 Å². The van der Waals surface area contributed by atoms with Gasteiger partial charge in [-0.2, -0.15) is 0 Å². The summed E-state index contributed by atoms with van der Waals surface area (Å²) in [5.41, 5.74) is 2.49. The normalized spacial score (nSPS) is 31.5. The molecule has 2 atom stereocenters. The van der Waals surface area contributed by atoms with Gasteiger partial charge in [0.25, 0.3) is 0 Å². The van der Waals surface area contributed by atoms with Crippen molar-refractivity contribution >= 4 is 26.0 Å². The van der Waals surface area contributed by atoms with Crippen molar-refractivity contribution in [3.05, 3.63) is 0 Å². The van der Waals surface area contributed by atoms with E-state index in [1.54, 1.807) is 0 Å². The first-order chi connectivity index (χ1) is 9.39. The van der Waals surface area contributed by atoms with Crippen molar-refractivity contribution in [1.82, 2.24) is 10.6 Å². The third-order valence-corrected chi connectivity index (χ3v) is 4.88. The van der Waals surface area contributed by atoms with Crippen LogP contribution in [0.15, 0.2) is 0 Å². The number of carbonyl (C=O) groups is 3. The Morgan fingerprint density at radius 2 is 1.95 bits per heavy atom. The molecule has 0 aromatic carbocycles. The fraction of sp³-hybridized carbons (Fsp3) is 0.700. The van der Waals surface area contributed by atoms with Gasteiger partial charge in [-0.1, -0.05) is 0 Å². The fourth-order valence-electron chi connectivity index (χ4n) is 2.29. The fourth-order valence-corrected chi connectivity index (χ4v) is 3.99. The molecule has 2 rings (SSSR count). The second kappa shape index (κ2) is 6.01. The number of hydrogen-bond donors (Lipinski definition) is 3. The first-order valence-electron chi connectivity index (χ1n) is 6.29. The zero-order valence-corrected chi connectivity index (χ0v) is 11.9. The van der Waals surface area contributed by atoms with Crippen LogP contribution in [0, 0.1) is 0 Å². The summed E-state index contributed by atoms with van der Waals surface area (Å²) in [5.74, 6) is -3.53. The molecule has 0 bridgehead atoms. The third kappa shape index (κ3) is 3.63. The van der Waals surface area contributed by atoms with E-state index in [1.165, 1.54) is 0 Å². The number of hydroxylamine groups is 1. The zero-order valence-electron chi connectivity index (χ0n) is 10.9. The molecule has 1 aliphatic carbocycles. The monoisotopic (exact) mass is 308 g/mol. The Morgan fingerprint density at radius 1 is 1.30 bits per heavy atom. The third-order valence-electron chi connectivity index (χ3n) is 3.12. The maximum absolute atomic E-state index is 11.4. The summed E-state index contributed by atoms with van der Waals surface area (Å²) < 4.78 is 9.32. The van der Waals surface area contributed by atoms with E-state index in [9.17, 15) is 19.3 Å². The molecule has 3 N–H and O–H groups in total. The Labute approximate surface area is 115 Å². The minimum atomic E-state index is -4.32. The average Bonchev–Trinajstić information content (AvgIpc) is 2.38. The Kier molecular flexibility index (Phi) is 4.54. The van der Waals surface area contributed by atoms with Crippen LogP contribution >= 0.6 is 8.09 Å². The molecule has 1 heterocycles. The summed E-state index contributed by atoms with van der Waals surface area (Å²) in [6.45, 7) is 1.07. The number of carbonyl (C=O) groups excluding carboxylic acids is 3. The molecule has 2 aliphatic rings. The van der Waals surface area contributed by atoms with E-state index < -0.39 is 26.0 Å². The minimum absolute atomic E-state index is 0.295. The molecular formula is C10H17N2O7P. The number of fused-ring (bicyclic) bond motifs is 1. The van der Waals surface area contributed by atoms with Crippen LogP contribution in [-0.4, -0.2) is 34.9 Å². The van der Waals surface area contributed by atoms with Crippen molar-refractivity contribution < 1.29 is 33.2 Å². The van der Waals surface area contributed by atoms with Crippen molar-refractivity contribution in [3.8, 4) is 0 Å². The molecule has 0 aromatic rings. The van der Waals surface area contributed by atoms with E-state index in [0.717, 1.165) is 19.8 Å². The second-order valence-electron chi connectivity index (χ2n) is 4.71. The molecule has 2 fully saturated rings. The molecular weight excluding hydrogens is 291 g/mol. The summed E-state index contributed by atoms with van der Waals surface area (Å²) in [5, 5.41) is 2.67. The Morgan fingerprint density at radius 3 is 2.60 bits per heavy atom. The number of nitrogens with one attached hydrogen (secondary N) is 2. The van der Waals surface area contributed by atoms with Gasteiger partial charge >= 0.3 is 114 Å². The average molecular weight is 308 g/mol. The molecule has 0 radical (unpaired) electrons. The van der Waals surface area contributed by atoms with Crippen molar-refractivity contribution in [2.75, 3.05) is 0 Å². The van der Waals surface area contributed by atoms with E-state index in [2.05, 4.69) is 19.9 Å². The van der Waals surface area contributed by atoms with Gasteiger partial charge in [0.2, 0.25) is 0 Å². The summed E-state index contributed by atoms with van der Waals surface area (Å²) in [6, 6.07) is -0.629. The molecule has 20 heavy (non-hydrogen) atoms.